The van der Waals surface area contributed by atoms with E-state index in [0.29, 0.717) is 32.6 Å². The van der Waals surface area contributed by atoms with E-state index in [2.05, 4.69) is 15.3 Å². The average molecular weight is 389 g/mol. The molecular weight excluding hydrogens is 374 g/mol. The number of nitrogens with zero attached hydrogens (tertiary/aromatic N) is 2. The number of furan rings is 1. The zero-order chi connectivity index (χ0) is 19.5. The van der Waals surface area contributed by atoms with E-state index in [4.69, 9.17) is 4.42 Å². The summed E-state index contributed by atoms with van der Waals surface area (Å²) in [6.45, 7) is 1.93. The maximum Gasteiger partial charge on any atom is 0.257 e. The molecule has 0 aliphatic carbocycles. The van der Waals surface area contributed by atoms with Gasteiger partial charge in [0.25, 0.3) is 5.91 Å². The number of pyridine rings is 1. The summed E-state index contributed by atoms with van der Waals surface area (Å²) in [7, 11) is 0. The van der Waals surface area contributed by atoms with E-state index in [9.17, 15) is 9.59 Å². The van der Waals surface area contributed by atoms with Crippen molar-refractivity contribution in [2.45, 2.75) is 6.92 Å². The van der Waals surface area contributed by atoms with Crippen LogP contribution in [0.1, 0.15) is 31.2 Å². The Labute approximate surface area is 164 Å². The van der Waals surface area contributed by atoms with Gasteiger partial charge in [0, 0.05) is 23.5 Å². The predicted octanol–water partition coefficient (Wildman–Crippen LogP) is 4.59. The number of benzene rings is 1. The van der Waals surface area contributed by atoms with Crippen LogP contribution in [0.3, 0.4) is 0 Å². The fourth-order valence-corrected chi connectivity index (χ4v) is 3.63. The van der Waals surface area contributed by atoms with Crippen molar-refractivity contribution in [3.8, 4) is 11.5 Å². The lowest BCUT2D eigenvalue weighted by molar-refractivity contribution is 0.102. The molecule has 0 radical (unpaired) electrons. The Kier molecular flexibility index (Phi) is 4.82. The van der Waals surface area contributed by atoms with E-state index >= 15 is 0 Å². The van der Waals surface area contributed by atoms with Gasteiger partial charge in [-0.2, -0.15) is 0 Å². The van der Waals surface area contributed by atoms with Crippen molar-refractivity contribution in [3.05, 3.63) is 88.8 Å². The fourth-order valence-electron chi connectivity index (χ4n) is 2.70. The number of carbonyl (C=O) groups is 2. The van der Waals surface area contributed by atoms with E-state index in [-0.39, 0.29) is 11.7 Å². The van der Waals surface area contributed by atoms with Gasteiger partial charge in [0.2, 0.25) is 5.78 Å². The van der Waals surface area contributed by atoms with Crippen LogP contribution in [0.25, 0.3) is 11.5 Å². The van der Waals surface area contributed by atoms with Gasteiger partial charge in [-0.3, -0.25) is 19.9 Å². The molecule has 28 heavy (non-hydrogen) atoms. The van der Waals surface area contributed by atoms with Crippen LogP contribution in [0.15, 0.2) is 71.6 Å². The molecule has 4 rings (SSSR count). The third-order valence-corrected chi connectivity index (χ3v) is 5.00. The van der Waals surface area contributed by atoms with E-state index in [0.717, 1.165) is 16.9 Å². The van der Waals surface area contributed by atoms with Gasteiger partial charge >= 0.3 is 0 Å². The minimum Gasteiger partial charge on any atom is -0.463 e. The topological polar surface area (TPSA) is 85.1 Å². The molecule has 6 nitrogen and oxygen atoms in total. The van der Waals surface area contributed by atoms with Gasteiger partial charge in [-0.25, -0.2) is 4.98 Å². The number of anilines is 1. The largest absolute Gasteiger partial charge is 0.463 e. The summed E-state index contributed by atoms with van der Waals surface area (Å²) in [5.74, 6) is -0.0228. The van der Waals surface area contributed by atoms with Gasteiger partial charge in [0.1, 0.15) is 10.6 Å². The summed E-state index contributed by atoms with van der Waals surface area (Å²) in [4.78, 5) is 34.3. The maximum atomic E-state index is 13.1. The summed E-state index contributed by atoms with van der Waals surface area (Å²) in [6, 6.07) is 14.0. The highest BCUT2D eigenvalue weighted by Crippen LogP contribution is 2.33. The van der Waals surface area contributed by atoms with Crippen molar-refractivity contribution in [1.29, 1.82) is 0 Å². The third kappa shape index (κ3) is 3.60. The van der Waals surface area contributed by atoms with Crippen molar-refractivity contribution in [2.75, 3.05) is 5.32 Å². The lowest BCUT2D eigenvalue weighted by Crippen LogP contribution is -2.11. The lowest BCUT2D eigenvalue weighted by atomic mass is 10.1. The first-order valence-corrected chi connectivity index (χ1v) is 9.31. The number of amides is 1. The highest BCUT2D eigenvalue weighted by atomic mass is 32.1. The van der Waals surface area contributed by atoms with Crippen LogP contribution in [-0.2, 0) is 0 Å². The van der Waals surface area contributed by atoms with E-state index in [1.54, 1.807) is 30.3 Å². The third-order valence-electron chi connectivity index (χ3n) is 4.03. The van der Waals surface area contributed by atoms with Crippen molar-refractivity contribution in [2.24, 2.45) is 0 Å². The molecule has 0 atom stereocenters. The summed E-state index contributed by atoms with van der Waals surface area (Å²) >= 11 is 1.12. The lowest BCUT2D eigenvalue weighted by Gasteiger charge is -2.01. The maximum absolute atomic E-state index is 13.1. The molecule has 3 heterocycles. The minimum absolute atomic E-state index is 0.169. The standard InChI is InChI=1S/C21H15N3O3S/c1-13-4-2-5-15(12-13)18(25)19-17(16-6-3-11-27-16)23-21(28-19)24-20(26)14-7-9-22-10-8-14/h2-12H,1H3,(H,23,24,26). The molecule has 138 valence electrons. The normalized spacial score (nSPS) is 10.6. The van der Waals surface area contributed by atoms with Crippen LogP contribution >= 0.6 is 11.3 Å². The van der Waals surface area contributed by atoms with Crippen molar-refractivity contribution < 1.29 is 14.0 Å². The first-order chi connectivity index (χ1) is 13.6. The molecule has 0 bridgehead atoms. The molecule has 0 saturated carbocycles. The van der Waals surface area contributed by atoms with Crippen LogP contribution in [0.5, 0.6) is 0 Å². The summed E-state index contributed by atoms with van der Waals surface area (Å²) < 4.78 is 5.44. The first kappa shape index (κ1) is 17.8. The van der Waals surface area contributed by atoms with Crippen LogP contribution in [0.2, 0.25) is 0 Å². The van der Waals surface area contributed by atoms with Gasteiger partial charge in [-0.1, -0.05) is 35.1 Å². The number of aromatic nitrogens is 2. The molecule has 7 heteroatoms. The number of hydrogen-bond acceptors (Lipinski definition) is 6. The zero-order valence-electron chi connectivity index (χ0n) is 14.9. The Bertz CT molecular complexity index is 1130. The Morgan fingerprint density at radius 3 is 2.57 bits per heavy atom. The summed E-state index contributed by atoms with van der Waals surface area (Å²) in [5.41, 5.74) is 2.41. The highest BCUT2D eigenvalue weighted by molar-refractivity contribution is 7.18. The molecule has 0 fully saturated rings. The van der Waals surface area contributed by atoms with Crippen LogP contribution < -0.4 is 5.32 Å². The smallest absolute Gasteiger partial charge is 0.257 e. The monoisotopic (exact) mass is 389 g/mol. The molecule has 0 saturated heterocycles. The summed E-state index contributed by atoms with van der Waals surface area (Å²) in [6.07, 6.45) is 4.60. The fraction of sp³-hybridized carbons (Fsp3) is 0.0476. The SMILES string of the molecule is Cc1cccc(C(=O)c2sc(NC(=O)c3ccncc3)nc2-c2ccco2)c1. The molecule has 0 aliphatic heterocycles. The van der Waals surface area contributed by atoms with E-state index in [1.165, 1.54) is 18.7 Å². The predicted molar refractivity (Wildman–Crippen MR) is 107 cm³/mol. The Morgan fingerprint density at radius 2 is 1.86 bits per heavy atom. The number of rotatable bonds is 5. The highest BCUT2D eigenvalue weighted by Gasteiger charge is 2.23. The quantitative estimate of drug-likeness (QED) is 0.505. The molecule has 1 N–H and O–H groups in total. The van der Waals surface area contributed by atoms with Crippen LogP contribution in [0, 0.1) is 6.92 Å². The van der Waals surface area contributed by atoms with Gasteiger partial charge in [-0.05, 0) is 37.3 Å². The second-order valence-electron chi connectivity index (χ2n) is 6.06. The van der Waals surface area contributed by atoms with Crippen LogP contribution in [-0.4, -0.2) is 21.7 Å². The van der Waals surface area contributed by atoms with Gasteiger partial charge in [-0.15, -0.1) is 0 Å². The number of carbonyl (C=O) groups excluding carboxylic acids is 2. The van der Waals surface area contributed by atoms with Gasteiger partial charge in [0.15, 0.2) is 10.9 Å². The Hall–Kier alpha value is -3.58. The molecule has 0 spiro atoms. The number of aryl methyl sites for hydroxylation is 1. The molecule has 1 aromatic carbocycles. The average Bonchev–Trinajstić information content (AvgIpc) is 3.38. The molecule has 0 aliphatic rings. The molecule has 0 unspecified atom stereocenters. The van der Waals surface area contributed by atoms with Gasteiger partial charge < -0.3 is 4.42 Å². The Balaban J connectivity index is 1.71. The van der Waals surface area contributed by atoms with Crippen LogP contribution in [0.4, 0.5) is 5.13 Å². The Morgan fingerprint density at radius 1 is 1.04 bits per heavy atom. The molecule has 1 amide bonds. The second-order valence-corrected chi connectivity index (χ2v) is 7.06. The number of ketones is 1. The number of hydrogen-bond donors (Lipinski definition) is 1. The second kappa shape index (κ2) is 7.58. The minimum atomic E-state index is -0.323. The molecule has 4 aromatic rings. The first-order valence-electron chi connectivity index (χ1n) is 8.49. The number of thiazole rings is 1. The zero-order valence-corrected chi connectivity index (χ0v) is 15.7. The van der Waals surface area contributed by atoms with Crippen molar-refractivity contribution in [3.63, 3.8) is 0 Å². The van der Waals surface area contributed by atoms with E-state index < -0.39 is 0 Å². The number of nitrogens with one attached hydrogen (secondary N) is 1. The van der Waals surface area contributed by atoms with Gasteiger partial charge in [0.05, 0.1) is 6.26 Å². The van der Waals surface area contributed by atoms with Crippen molar-refractivity contribution >= 4 is 28.2 Å². The molecule has 3 aromatic heterocycles. The van der Waals surface area contributed by atoms with E-state index in [1.807, 2.05) is 25.1 Å². The molecular formula is C21H15N3O3S. The van der Waals surface area contributed by atoms with Crippen molar-refractivity contribution in [1.82, 2.24) is 9.97 Å². The summed E-state index contributed by atoms with van der Waals surface area (Å²) in [5, 5.41) is 3.07.